The Morgan fingerprint density at radius 2 is 1.78 bits per heavy atom. The molecule has 0 aromatic heterocycles. The summed E-state index contributed by atoms with van der Waals surface area (Å²) in [5, 5.41) is 2.10. The monoisotopic (exact) mass is 387 g/mol. The van der Waals surface area contributed by atoms with Gasteiger partial charge in [-0.05, 0) is 41.1 Å². The molecule has 5 heteroatoms. The highest BCUT2D eigenvalue weighted by molar-refractivity contribution is 9.10. The molecular formula is C18H14BrNO2S. The van der Waals surface area contributed by atoms with Crippen molar-refractivity contribution in [3.63, 3.8) is 0 Å². The van der Waals surface area contributed by atoms with Crippen LogP contribution < -0.4 is 4.74 Å². The molecule has 116 valence electrons. The number of rotatable bonds is 4. The summed E-state index contributed by atoms with van der Waals surface area (Å²) in [6.45, 7) is 0. The lowest BCUT2D eigenvalue weighted by molar-refractivity contribution is 0.415. The van der Waals surface area contributed by atoms with Gasteiger partial charge in [0.25, 0.3) is 0 Å². The highest BCUT2D eigenvalue weighted by Gasteiger charge is 2.07. The van der Waals surface area contributed by atoms with E-state index in [0.717, 1.165) is 20.8 Å². The molecule has 0 spiro atoms. The highest BCUT2D eigenvalue weighted by Crippen LogP contribution is 2.26. The quantitative estimate of drug-likeness (QED) is 0.605. The van der Waals surface area contributed by atoms with Gasteiger partial charge in [-0.2, -0.15) is 4.40 Å². The van der Waals surface area contributed by atoms with E-state index >= 15 is 0 Å². The van der Waals surface area contributed by atoms with Gasteiger partial charge in [0.05, 0.1) is 12.0 Å². The summed E-state index contributed by atoms with van der Waals surface area (Å²) in [5.74, 6) is 0.709. The first-order chi connectivity index (χ1) is 11.2. The lowest BCUT2D eigenvalue weighted by Gasteiger charge is -2.08. The van der Waals surface area contributed by atoms with E-state index in [0.29, 0.717) is 10.6 Å². The van der Waals surface area contributed by atoms with Crippen LogP contribution in [0.2, 0.25) is 0 Å². The normalized spacial score (nSPS) is 12.6. The largest absolute Gasteiger partial charge is 0.496 e. The predicted molar refractivity (Wildman–Crippen MR) is 98.6 cm³/mol. The molecule has 0 bridgehead atoms. The lowest BCUT2D eigenvalue weighted by Crippen LogP contribution is -1.94. The van der Waals surface area contributed by atoms with Gasteiger partial charge in [0.15, 0.2) is 11.0 Å². The van der Waals surface area contributed by atoms with Gasteiger partial charge in [-0.15, -0.1) is 0 Å². The van der Waals surface area contributed by atoms with Crippen molar-refractivity contribution >= 4 is 43.9 Å². The smallest absolute Gasteiger partial charge is 0.172 e. The summed E-state index contributed by atoms with van der Waals surface area (Å²) in [7, 11) is 0.166. The van der Waals surface area contributed by atoms with Crippen LogP contribution in [-0.2, 0) is 11.0 Å². The van der Waals surface area contributed by atoms with E-state index in [-0.39, 0.29) is 0 Å². The molecule has 1 unspecified atom stereocenters. The van der Waals surface area contributed by atoms with E-state index in [4.69, 9.17) is 4.74 Å². The van der Waals surface area contributed by atoms with Gasteiger partial charge in [0, 0.05) is 16.3 Å². The Morgan fingerprint density at radius 3 is 2.52 bits per heavy atom. The SMILES string of the molecule is COc1ccc2ccccc2c1/C=N/S(=O)c1ccc(Br)cc1. The number of hydrogen-bond acceptors (Lipinski definition) is 2. The minimum atomic E-state index is -1.45. The van der Waals surface area contributed by atoms with Crippen molar-refractivity contribution in [3.05, 3.63) is 70.7 Å². The zero-order valence-corrected chi connectivity index (χ0v) is 14.8. The Kier molecular flexibility index (Phi) is 4.88. The molecular weight excluding hydrogens is 374 g/mol. The van der Waals surface area contributed by atoms with Crippen LogP contribution in [0.3, 0.4) is 0 Å². The summed E-state index contributed by atoms with van der Waals surface area (Å²) in [6, 6.07) is 19.1. The molecule has 0 aliphatic carbocycles. The number of methoxy groups -OCH3 is 1. The maximum Gasteiger partial charge on any atom is 0.172 e. The van der Waals surface area contributed by atoms with Crippen LogP contribution in [0.15, 0.2) is 74.4 Å². The van der Waals surface area contributed by atoms with Crippen LogP contribution in [0.5, 0.6) is 5.75 Å². The molecule has 0 heterocycles. The fraction of sp³-hybridized carbons (Fsp3) is 0.0556. The van der Waals surface area contributed by atoms with Gasteiger partial charge in [0.1, 0.15) is 5.75 Å². The molecule has 3 aromatic rings. The third-order valence-electron chi connectivity index (χ3n) is 3.44. The lowest BCUT2D eigenvalue weighted by atomic mass is 10.0. The van der Waals surface area contributed by atoms with E-state index in [1.807, 2.05) is 48.5 Å². The van der Waals surface area contributed by atoms with E-state index < -0.39 is 11.0 Å². The number of ether oxygens (including phenoxy) is 1. The molecule has 0 amide bonds. The van der Waals surface area contributed by atoms with Gasteiger partial charge in [-0.1, -0.05) is 46.3 Å². The zero-order valence-electron chi connectivity index (χ0n) is 12.4. The van der Waals surface area contributed by atoms with Crippen molar-refractivity contribution < 1.29 is 8.95 Å². The Bertz CT molecular complexity index is 891. The summed E-state index contributed by atoms with van der Waals surface area (Å²) in [4.78, 5) is 0.656. The fourth-order valence-corrected chi connectivity index (χ4v) is 3.26. The molecule has 3 rings (SSSR count). The Morgan fingerprint density at radius 1 is 1.04 bits per heavy atom. The molecule has 1 atom stereocenters. The van der Waals surface area contributed by atoms with Crippen molar-refractivity contribution in [1.29, 1.82) is 0 Å². The Hall–Kier alpha value is -1.98. The molecule has 0 aliphatic heterocycles. The summed E-state index contributed by atoms with van der Waals surface area (Å²) >= 11 is 3.36. The number of fused-ring (bicyclic) bond motifs is 1. The van der Waals surface area contributed by atoms with Crippen LogP contribution in [0, 0.1) is 0 Å². The van der Waals surface area contributed by atoms with Gasteiger partial charge >= 0.3 is 0 Å². The fourth-order valence-electron chi connectivity index (χ4n) is 2.30. The predicted octanol–water partition coefficient (Wildman–Crippen LogP) is 4.75. The average molecular weight is 388 g/mol. The summed E-state index contributed by atoms with van der Waals surface area (Å²) in [6.07, 6.45) is 1.62. The van der Waals surface area contributed by atoms with Crippen LogP contribution in [-0.4, -0.2) is 17.5 Å². The average Bonchev–Trinajstić information content (AvgIpc) is 2.59. The second-order valence-corrected chi connectivity index (χ2v) is 6.94. The van der Waals surface area contributed by atoms with Crippen molar-refractivity contribution in [3.8, 4) is 5.75 Å². The first kappa shape index (κ1) is 15.9. The van der Waals surface area contributed by atoms with Crippen molar-refractivity contribution in [1.82, 2.24) is 0 Å². The maximum absolute atomic E-state index is 12.3. The Labute approximate surface area is 145 Å². The van der Waals surface area contributed by atoms with E-state index in [1.54, 1.807) is 25.5 Å². The number of nitrogens with zero attached hydrogens (tertiary/aromatic N) is 1. The van der Waals surface area contributed by atoms with Gasteiger partial charge in [-0.25, -0.2) is 4.21 Å². The van der Waals surface area contributed by atoms with Crippen LogP contribution >= 0.6 is 15.9 Å². The van der Waals surface area contributed by atoms with E-state index in [9.17, 15) is 4.21 Å². The maximum atomic E-state index is 12.3. The standard InChI is InChI=1S/C18H14BrNO2S/c1-22-18-11-6-13-4-2-3-5-16(13)17(18)12-20-23(21)15-9-7-14(19)8-10-15/h2-12H,1H3/b20-12+. The second-order valence-electron chi connectivity index (χ2n) is 4.84. The summed E-state index contributed by atoms with van der Waals surface area (Å²) in [5.41, 5.74) is 0.830. The first-order valence-corrected chi connectivity index (χ1v) is 8.86. The molecule has 0 saturated heterocycles. The molecule has 3 aromatic carbocycles. The summed E-state index contributed by atoms with van der Waals surface area (Å²) < 4.78 is 22.9. The van der Waals surface area contributed by atoms with Crippen LogP contribution in [0.1, 0.15) is 5.56 Å². The van der Waals surface area contributed by atoms with Crippen molar-refractivity contribution in [2.24, 2.45) is 4.40 Å². The molecule has 3 nitrogen and oxygen atoms in total. The molecule has 23 heavy (non-hydrogen) atoms. The minimum Gasteiger partial charge on any atom is -0.496 e. The Balaban J connectivity index is 2.00. The zero-order chi connectivity index (χ0) is 16.2. The van der Waals surface area contributed by atoms with E-state index in [1.165, 1.54) is 0 Å². The topological polar surface area (TPSA) is 38.7 Å². The van der Waals surface area contributed by atoms with Crippen molar-refractivity contribution in [2.75, 3.05) is 7.11 Å². The van der Waals surface area contributed by atoms with Gasteiger partial charge < -0.3 is 4.74 Å². The van der Waals surface area contributed by atoms with Gasteiger partial charge in [-0.3, -0.25) is 0 Å². The minimum absolute atomic E-state index is 0.656. The third kappa shape index (κ3) is 3.51. The molecule has 0 fully saturated rings. The highest BCUT2D eigenvalue weighted by atomic mass is 79.9. The molecule has 0 aliphatic rings. The van der Waals surface area contributed by atoms with Crippen LogP contribution in [0.25, 0.3) is 10.8 Å². The van der Waals surface area contributed by atoms with Crippen LogP contribution in [0.4, 0.5) is 0 Å². The molecule has 0 saturated carbocycles. The third-order valence-corrected chi connectivity index (χ3v) is 4.94. The first-order valence-electron chi connectivity index (χ1n) is 6.96. The number of hydrogen-bond donors (Lipinski definition) is 0. The van der Waals surface area contributed by atoms with Gasteiger partial charge in [0.2, 0.25) is 0 Å². The van der Waals surface area contributed by atoms with E-state index in [2.05, 4.69) is 20.3 Å². The van der Waals surface area contributed by atoms with Crippen molar-refractivity contribution in [2.45, 2.75) is 4.90 Å². The number of halogens is 1. The molecule has 0 N–H and O–H groups in total. The second kappa shape index (κ2) is 7.06. The molecule has 0 radical (unpaired) electrons. The number of benzene rings is 3.